The minimum atomic E-state index is -0.768. The van der Waals surface area contributed by atoms with Gasteiger partial charge in [-0.15, -0.1) is 10.2 Å². The summed E-state index contributed by atoms with van der Waals surface area (Å²) in [4.78, 5) is 12.6. The Hall–Kier alpha value is -4.79. The molecule has 0 aliphatic heterocycles. The van der Waals surface area contributed by atoms with Crippen LogP contribution in [0.3, 0.4) is 0 Å². The monoisotopic (exact) mass is 654 g/mol. The number of carbonyl (C=O) groups is 1. The minimum absolute atomic E-state index is 0.00684. The number of halogens is 2. The normalized spacial score (nSPS) is 11.4. The number of unbranched alkanes of at least 4 members (excludes halogenated alkanes) is 11. The summed E-state index contributed by atoms with van der Waals surface area (Å²) < 4.78 is 39.4. The topological polar surface area (TPSA) is 85.0 Å². The average Bonchev–Trinajstić information content (AvgIpc) is 3.10. The molecule has 48 heavy (non-hydrogen) atoms. The smallest absolute Gasteiger partial charge is 0.343 e. The van der Waals surface area contributed by atoms with Gasteiger partial charge >= 0.3 is 5.97 Å². The van der Waals surface area contributed by atoms with Gasteiger partial charge < -0.3 is 9.47 Å². The Balaban J connectivity index is 1.14. The highest BCUT2D eigenvalue weighted by molar-refractivity contribution is 5.91. The van der Waals surface area contributed by atoms with Crippen molar-refractivity contribution in [2.24, 2.45) is 20.5 Å². The van der Waals surface area contributed by atoms with Crippen LogP contribution in [0.4, 0.5) is 31.5 Å². The fourth-order valence-electron chi connectivity index (χ4n) is 4.96. The van der Waals surface area contributed by atoms with E-state index >= 15 is 0 Å². The lowest BCUT2D eigenvalue weighted by Gasteiger charge is -2.06. The molecular weight excluding hydrogens is 610 g/mol. The summed E-state index contributed by atoms with van der Waals surface area (Å²) in [7, 11) is 0. The number of rotatable bonds is 20. The molecule has 4 rings (SSSR count). The van der Waals surface area contributed by atoms with Crippen LogP contribution >= 0.6 is 0 Å². The molecule has 0 unspecified atom stereocenters. The van der Waals surface area contributed by atoms with Gasteiger partial charge in [-0.3, -0.25) is 0 Å². The first-order chi connectivity index (χ1) is 23.5. The van der Waals surface area contributed by atoms with Crippen LogP contribution in [0.2, 0.25) is 0 Å². The van der Waals surface area contributed by atoms with Gasteiger partial charge in [0, 0.05) is 6.07 Å². The Morgan fingerprint density at radius 3 is 1.67 bits per heavy atom. The molecule has 9 heteroatoms. The van der Waals surface area contributed by atoms with Gasteiger partial charge in [-0.1, -0.05) is 89.7 Å². The lowest BCUT2D eigenvalue weighted by molar-refractivity contribution is 0.0734. The van der Waals surface area contributed by atoms with Crippen LogP contribution in [0.1, 0.15) is 94.3 Å². The Kier molecular flexibility index (Phi) is 15.4. The van der Waals surface area contributed by atoms with Crippen LogP contribution in [0.15, 0.2) is 111 Å². The molecule has 0 aromatic heterocycles. The van der Waals surface area contributed by atoms with Crippen molar-refractivity contribution in [2.45, 2.75) is 84.0 Å². The van der Waals surface area contributed by atoms with E-state index in [2.05, 4.69) is 27.4 Å². The number of ether oxygens (including phenoxy) is 2. The first kappa shape index (κ1) is 36.1. The molecule has 0 radical (unpaired) electrons. The number of esters is 1. The maximum Gasteiger partial charge on any atom is 0.343 e. The van der Waals surface area contributed by atoms with Gasteiger partial charge in [0.05, 0.1) is 23.5 Å². The van der Waals surface area contributed by atoms with E-state index in [-0.39, 0.29) is 22.7 Å². The van der Waals surface area contributed by atoms with Gasteiger partial charge in [-0.25, -0.2) is 13.6 Å². The predicted molar refractivity (Wildman–Crippen MR) is 186 cm³/mol. The summed E-state index contributed by atoms with van der Waals surface area (Å²) in [5, 5.41) is 16.0. The van der Waals surface area contributed by atoms with Gasteiger partial charge in [0.15, 0.2) is 11.6 Å². The highest BCUT2D eigenvalue weighted by Gasteiger charge is 2.11. The maximum absolute atomic E-state index is 14.5. The van der Waals surface area contributed by atoms with Crippen molar-refractivity contribution in [3.63, 3.8) is 0 Å². The Labute approximate surface area is 282 Å². The second kappa shape index (κ2) is 20.4. The first-order valence-electron chi connectivity index (χ1n) is 16.9. The molecule has 0 N–H and O–H groups in total. The molecule has 0 amide bonds. The fraction of sp³-hybridized carbons (Fsp3) is 0.359. The molecule has 0 saturated carbocycles. The van der Waals surface area contributed by atoms with Crippen molar-refractivity contribution in [1.29, 1.82) is 0 Å². The van der Waals surface area contributed by atoms with Crippen molar-refractivity contribution >= 4 is 28.7 Å². The fourth-order valence-corrected chi connectivity index (χ4v) is 4.96. The van der Waals surface area contributed by atoms with E-state index in [1.54, 1.807) is 30.3 Å². The number of benzene rings is 4. The molecule has 0 bridgehead atoms. The second-order valence-corrected chi connectivity index (χ2v) is 11.6. The predicted octanol–water partition coefficient (Wildman–Crippen LogP) is 13.1. The van der Waals surface area contributed by atoms with Crippen LogP contribution in [0.25, 0.3) is 0 Å². The minimum Gasteiger partial charge on any atom is -0.494 e. The summed E-state index contributed by atoms with van der Waals surface area (Å²) in [6.07, 6.45) is 15.8. The zero-order valence-electron chi connectivity index (χ0n) is 27.6. The molecule has 0 heterocycles. The lowest BCUT2D eigenvalue weighted by Crippen LogP contribution is -2.08. The van der Waals surface area contributed by atoms with Gasteiger partial charge in [-0.2, -0.15) is 10.2 Å². The lowest BCUT2D eigenvalue weighted by atomic mass is 10.1. The quantitative estimate of drug-likeness (QED) is 0.0411. The SMILES string of the molecule is CCCCCCCCCCCCCCOc1ccc(N=Nc2ccc(C(=O)Oc3ccc(N=Nc4ccccc4F)c(F)c3)cc2)cc1. The molecule has 4 aromatic carbocycles. The van der Waals surface area contributed by atoms with E-state index in [1.165, 1.54) is 101 Å². The maximum atomic E-state index is 14.5. The third-order valence-electron chi connectivity index (χ3n) is 7.73. The zero-order chi connectivity index (χ0) is 33.8. The van der Waals surface area contributed by atoms with Gasteiger partial charge in [-0.05, 0) is 79.2 Å². The molecule has 7 nitrogen and oxygen atoms in total. The number of carbonyl (C=O) groups excluding carboxylic acids is 1. The Bertz CT molecular complexity index is 1610. The van der Waals surface area contributed by atoms with Crippen molar-refractivity contribution in [3.05, 3.63) is 108 Å². The molecular formula is C39H44F2N4O3. The van der Waals surface area contributed by atoms with E-state index in [0.29, 0.717) is 18.0 Å². The van der Waals surface area contributed by atoms with Crippen LogP contribution in [-0.2, 0) is 0 Å². The molecule has 0 aliphatic rings. The van der Waals surface area contributed by atoms with E-state index in [0.717, 1.165) is 18.2 Å². The first-order valence-corrected chi connectivity index (χ1v) is 16.9. The van der Waals surface area contributed by atoms with Crippen LogP contribution in [0.5, 0.6) is 11.5 Å². The Morgan fingerprint density at radius 1 is 0.562 bits per heavy atom. The summed E-state index contributed by atoms with van der Waals surface area (Å²) in [5.74, 6) is -1.21. The molecule has 0 atom stereocenters. The molecule has 4 aromatic rings. The standard InChI is InChI=1S/C39H44F2N4O3/c1-2-3-4-5-6-7-8-9-10-11-12-15-28-47-33-24-22-32(23-25-33)43-42-31-20-18-30(19-21-31)39(46)48-34-26-27-38(36(41)29-34)45-44-37-17-14-13-16-35(37)40/h13-14,16-27,29H,2-12,15,28H2,1H3. The van der Waals surface area contributed by atoms with Crippen molar-refractivity contribution in [2.75, 3.05) is 6.61 Å². The highest BCUT2D eigenvalue weighted by atomic mass is 19.1. The number of hydrogen-bond donors (Lipinski definition) is 0. The van der Waals surface area contributed by atoms with E-state index in [9.17, 15) is 13.6 Å². The van der Waals surface area contributed by atoms with Gasteiger partial charge in [0.1, 0.15) is 22.9 Å². The second-order valence-electron chi connectivity index (χ2n) is 11.6. The molecule has 0 aliphatic carbocycles. The van der Waals surface area contributed by atoms with Crippen molar-refractivity contribution < 1.29 is 23.0 Å². The number of azo groups is 2. The summed E-state index contributed by atoms with van der Waals surface area (Å²) in [6, 6.07) is 23.3. The summed E-state index contributed by atoms with van der Waals surface area (Å²) in [6.45, 7) is 2.97. The highest BCUT2D eigenvalue weighted by Crippen LogP contribution is 2.27. The van der Waals surface area contributed by atoms with Crippen LogP contribution < -0.4 is 9.47 Å². The third kappa shape index (κ3) is 12.8. The van der Waals surface area contributed by atoms with E-state index in [1.807, 2.05) is 24.3 Å². The number of hydrogen-bond acceptors (Lipinski definition) is 7. The third-order valence-corrected chi connectivity index (χ3v) is 7.73. The van der Waals surface area contributed by atoms with Crippen molar-refractivity contribution in [1.82, 2.24) is 0 Å². The summed E-state index contributed by atoms with van der Waals surface area (Å²) >= 11 is 0. The van der Waals surface area contributed by atoms with Gasteiger partial charge in [0.2, 0.25) is 0 Å². The van der Waals surface area contributed by atoms with Crippen LogP contribution in [0, 0.1) is 11.6 Å². The zero-order valence-corrected chi connectivity index (χ0v) is 27.6. The number of nitrogens with zero attached hydrogens (tertiary/aromatic N) is 4. The van der Waals surface area contributed by atoms with E-state index in [4.69, 9.17) is 9.47 Å². The van der Waals surface area contributed by atoms with Crippen molar-refractivity contribution in [3.8, 4) is 11.5 Å². The molecule has 252 valence electrons. The molecule has 0 fully saturated rings. The molecule has 0 saturated heterocycles. The van der Waals surface area contributed by atoms with Crippen LogP contribution in [-0.4, -0.2) is 12.6 Å². The molecule has 0 spiro atoms. The Morgan fingerprint density at radius 2 is 1.08 bits per heavy atom. The van der Waals surface area contributed by atoms with E-state index < -0.39 is 17.6 Å². The average molecular weight is 655 g/mol. The largest absolute Gasteiger partial charge is 0.494 e. The summed E-state index contributed by atoms with van der Waals surface area (Å²) in [5.41, 5.74) is 1.35. The van der Waals surface area contributed by atoms with Gasteiger partial charge in [0.25, 0.3) is 0 Å².